The van der Waals surface area contributed by atoms with Gasteiger partial charge in [-0.05, 0) is 18.9 Å². The van der Waals surface area contributed by atoms with Gasteiger partial charge < -0.3 is 9.84 Å². The minimum absolute atomic E-state index is 0. The summed E-state index contributed by atoms with van der Waals surface area (Å²) in [7, 11) is 0. The first-order chi connectivity index (χ1) is 10.7. The lowest BCUT2D eigenvalue weighted by Crippen LogP contribution is -2.16. The third kappa shape index (κ3) is 7.68. The summed E-state index contributed by atoms with van der Waals surface area (Å²) in [4.78, 5) is 22.2. The van der Waals surface area contributed by atoms with Crippen LogP contribution in [0.3, 0.4) is 0 Å². The summed E-state index contributed by atoms with van der Waals surface area (Å²) >= 11 is 0. The molecule has 136 valence electrons. The predicted octanol–water partition coefficient (Wildman–Crippen LogP) is 4.45. The molecule has 0 aliphatic carbocycles. The van der Waals surface area contributed by atoms with Crippen molar-refractivity contribution in [3.8, 4) is 0 Å². The number of benzene rings is 1. The molecule has 1 N–H and O–H groups in total. The van der Waals surface area contributed by atoms with E-state index in [4.69, 9.17) is 9.84 Å². The van der Waals surface area contributed by atoms with E-state index in [9.17, 15) is 22.8 Å². The summed E-state index contributed by atoms with van der Waals surface area (Å²) in [6, 6.07) is 4.94. The first kappa shape index (κ1) is 22.2. The quantitative estimate of drug-likeness (QED) is 0.544. The molecule has 0 fully saturated rings. The van der Waals surface area contributed by atoms with E-state index in [0.29, 0.717) is 19.3 Å². The molecular weight excluding hydrogens is 349 g/mol. The van der Waals surface area contributed by atoms with E-state index >= 15 is 0 Å². The van der Waals surface area contributed by atoms with Crippen LogP contribution in [0.2, 0.25) is 0 Å². The lowest BCUT2D eigenvalue weighted by atomic mass is 10.0. The van der Waals surface area contributed by atoms with Gasteiger partial charge >= 0.3 is 18.1 Å². The minimum Gasteiger partial charge on any atom is -0.481 e. The second-order valence-corrected chi connectivity index (χ2v) is 5.30. The molecule has 1 rings (SSSR count). The fourth-order valence-electron chi connectivity index (χ4n) is 2.06. The van der Waals surface area contributed by atoms with Gasteiger partial charge in [0, 0.05) is 12.0 Å². The van der Waals surface area contributed by atoms with Crippen molar-refractivity contribution < 1.29 is 32.6 Å². The van der Waals surface area contributed by atoms with Crippen LogP contribution < -0.4 is 0 Å². The molecule has 4 nitrogen and oxygen atoms in total. The van der Waals surface area contributed by atoms with Crippen LogP contribution in [-0.2, 0) is 27.1 Å². The lowest BCUT2D eigenvalue weighted by molar-refractivity contribution is -0.151. The highest BCUT2D eigenvalue weighted by Crippen LogP contribution is 2.32. The molecule has 0 heterocycles. The van der Waals surface area contributed by atoms with Gasteiger partial charge in [0.15, 0.2) is 0 Å². The summed E-state index contributed by atoms with van der Waals surface area (Å²) in [6.45, 7) is 1.17. The number of alkyl halides is 3. The zero-order valence-electron chi connectivity index (χ0n) is 13.1. The number of carbonyl (C=O) groups excluding carboxylic acids is 1. The van der Waals surface area contributed by atoms with Crippen molar-refractivity contribution in [2.75, 3.05) is 0 Å². The maximum absolute atomic E-state index is 12.8. The number of hydrogen-bond donors (Lipinski definition) is 1. The van der Waals surface area contributed by atoms with E-state index in [1.807, 2.05) is 0 Å². The Labute approximate surface area is 144 Å². The molecule has 1 unspecified atom stereocenters. The van der Waals surface area contributed by atoms with Gasteiger partial charge in [0.2, 0.25) is 0 Å². The zero-order chi connectivity index (χ0) is 17.5. The molecule has 1 atom stereocenters. The molecule has 1 aromatic rings. The van der Waals surface area contributed by atoms with Crippen LogP contribution in [0.1, 0.15) is 43.7 Å². The molecule has 24 heavy (non-hydrogen) atoms. The van der Waals surface area contributed by atoms with Gasteiger partial charge in [0.25, 0.3) is 0 Å². The van der Waals surface area contributed by atoms with Gasteiger partial charge in [0.05, 0.1) is 11.5 Å². The molecule has 0 spiro atoms. The van der Waals surface area contributed by atoms with E-state index in [1.165, 1.54) is 18.2 Å². The first-order valence-corrected chi connectivity index (χ1v) is 7.25. The van der Waals surface area contributed by atoms with Crippen LogP contribution >= 0.6 is 12.4 Å². The van der Waals surface area contributed by atoms with Crippen molar-refractivity contribution in [1.29, 1.82) is 0 Å². The maximum atomic E-state index is 12.8. The van der Waals surface area contributed by atoms with Crippen molar-refractivity contribution in [1.82, 2.24) is 0 Å². The molecular formula is C16H20ClF3O4. The Bertz CT molecular complexity index is 546. The number of halogens is 4. The lowest BCUT2D eigenvalue weighted by Gasteiger charge is -2.15. The molecule has 0 aromatic heterocycles. The third-order valence-corrected chi connectivity index (χ3v) is 3.37. The fourth-order valence-corrected chi connectivity index (χ4v) is 2.06. The van der Waals surface area contributed by atoms with Gasteiger partial charge in [-0.15, -0.1) is 12.4 Å². The summed E-state index contributed by atoms with van der Waals surface area (Å²) < 4.78 is 43.4. The highest BCUT2D eigenvalue weighted by Gasteiger charge is 2.33. The second-order valence-electron chi connectivity index (χ2n) is 5.30. The minimum atomic E-state index is -4.49. The van der Waals surface area contributed by atoms with E-state index in [0.717, 1.165) is 6.07 Å². The van der Waals surface area contributed by atoms with E-state index in [1.54, 1.807) is 6.92 Å². The molecule has 0 aliphatic heterocycles. The largest absolute Gasteiger partial charge is 0.481 e. The standard InChI is InChI=1S/C16H19F3O4.ClH/c1-11(6-2-5-9-14(20)21)15(22)23-10-12-7-3-4-8-13(12)16(17,18)19;/h3-4,7-8,11H,2,5-6,9-10H2,1H3,(H,20,21);1H. The third-order valence-electron chi connectivity index (χ3n) is 3.37. The number of esters is 1. The van der Waals surface area contributed by atoms with Crippen molar-refractivity contribution in [3.63, 3.8) is 0 Å². The van der Waals surface area contributed by atoms with Crippen molar-refractivity contribution >= 4 is 24.3 Å². The summed E-state index contributed by atoms with van der Waals surface area (Å²) in [5, 5.41) is 8.51. The monoisotopic (exact) mass is 368 g/mol. The van der Waals surface area contributed by atoms with E-state index in [2.05, 4.69) is 0 Å². The molecule has 8 heteroatoms. The number of carbonyl (C=O) groups is 2. The Morgan fingerprint density at radius 2 is 1.83 bits per heavy atom. The molecule has 0 radical (unpaired) electrons. The van der Waals surface area contributed by atoms with Gasteiger partial charge in [-0.2, -0.15) is 13.2 Å². The summed E-state index contributed by atoms with van der Waals surface area (Å²) in [5.41, 5.74) is -0.909. The van der Waals surface area contributed by atoms with Gasteiger partial charge in [-0.3, -0.25) is 9.59 Å². The number of carboxylic acid groups (broad SMARTS) is 1. The van der Waals surface area contributed by atoms with Crippen LogP contribution in [0.25, 0.3) is 0 Å². The van der Waals surface area contributed by atoms with Gasteiger partial charge in [-0.25, -0.2) is 0 Å². The highest BCUT2D eigenvalue weighted by molar-refractivity contribution is 5.85. The van der Waals surface area contributed by atoms with Crippen LogP contribution in [-0.4, -0.2) is 17.0 Å². The van der Waals surface area contributed by atoms with E-state index < -0.39 is 36.2 Å². The topological polar surface area (TPSA) is 63.6 Å². The van der Waals surface area contributed by atoms with Gasteiger partial charge in [0.1, 0.15) is 6.61 Å². The molecule has 0 saturated heterocycles. The molecule has 0 saturated carbocycles. The molecule has 0 aliphatic rings. The number of aliphatic carboxylic acids is 1. The highest BCUT2D eigenvalue weighted by atomic mass is 35.5. The Balaban J connectivity index is 0.00000529. The molecule has 1 aromatic carbocycles. The molecule has 0 bridgehead atoms. The predicted molar refractivity (Wildman–Crippen MR) is 83.8 cm³/mol. The number of carboxylic acids is 1. The number of ether oxygens (including phenoxy) is 1. The normalized spacial score (nSPS) is 12.2. The zero-order valence-corrected chi connectivity index (χ0v) is 14.0. The fraction of sp³-hybridized carbons (Fsp3) is 0.500. The van der Waals surface area contributed by atoms with Crippen molar-refractivity contribution in [2.45, 2.75) is 45.4 Å². The SMILES string of the molecule is CC(CCCCC(=O)O)C(=O)OCc1ccccc1C(F)(F)F.Cl. The Kier molecular flexibility index (Phi) is 9.43. The smallest absolute Gasteiger partial charge is 0.416 e. The maximum Gasteiger partial charge on any atom is 0.416 e. The second kappa shape index (κ2) is 10.2. The van der Waals surface area contributed by atoms with E-state index in [-0.39, 0.29) is 24.4 Å². The Hall–Kier alpha value is -1.76. The van der Waals surface area contributed by atoms with Crippen LogP contribution in [0.15, 0.2) is 24.3 Å². The Morgan fingerprint density at radius 3 is 2.42 bits per heavy atom. The van der Waals surface area contributed by atoms with Crippen LogP contribution in [0.4, 0.5) is 13.2 Å². The number of rotatable bonds is 8. The van der Waals surface area contributed by atoms with Gasteiger partial charge in [-0.1, -0.05) is 31.5 Å². The van der Waals surface area contributed by atoms with Crippen molar-refractivity contribution in [2.24, 2.45) is 5.92 Å². The average Bonchev–Trinajstić information content (AvgIpc) is 2.48. The summed E-state index contributed by atoms with van der Waals surface area (Å²) in [6.07, 6.45) is -3.04. The van der Waals surface area contributed by atoms with Crippen LogP contribution in [0, 0.1) is 5.92 Å². The first-order valence-electron chi connectivity index (χ1n) is 7.25. The van der Waals surface area contributed by atoms with Crippen molar-refractivity contribution in [3.05, 3.63) is 35.4 Å². The number of unbranched alkanes of at least 4 members (excludes halogenated alkanes) is 1. The average molecular weight is 369 g/mol. The Morgan fingerprint density at radius 1 is 1.21 bits per heavy atom. The number of hydrogen-bond acceptors (Lipinski definition) is 3. The molecule has 0 amide bonds. The summed E-state index contributed by atoms with van der Waals surface area (Å²) in [5.74, 6) is -1.97. The van der Waals surface area contributed by atoms with Crippen LogP contribution in [0.5, 0.6) is 0 Å².